The number of carbonyl (C=O) groups is 1. The topological polar surface area (TPSA) is 79.4 Å². The van der Waals surface area contributed by atoms with Crippen molar-refractivity contribution in [2.75, 3.05) is 20.0 Å². The number of aromatic nitrogens is 2. The summed E-state index contributed by atoms with van der Waals surface area (Å²) in [6.45, 7) is 0. The normalized spacial score (nSPS) is 10.3. The molecule has 1 aromatic heterocycles. The number of methoxy groups -OCH3 is 2. The number of nitrogens with two attached hydrogens (primary N) is 1. The second-order valence-corrected chi connectivity index (χ2v) is 4.07. The summed E-state index contributed by atoms with van der Waals surface area (Å²) in [5.41, 5.74) is 6.62. The molecule has 2 N–H and O–H groups in total. The summed E-state index contributed by atoms with van der Waals surface area (Å²) >= 11 is 5.95. The average Bonchev–Trinajstić information content (AvgIpc) is 2.80. The minimum atomic E-state index is -0.586. The van der Waals surface area contributed by atoms with Crippen molar-refractivity contribution >= 4 is 23.4 Å². The van der Waals surface area contributed by atoms with E-state index in [0.29, 0.717) is 16.5 Å². The van der Waals surface area contributed by atoms with Gasteiger partial charge in [0.05, 0.1) is 24.9 Å². The van der Waals surface area contributed by atoms with E-state index < -0.39 is 5.97 Å². The van der Waals surface area contributed by atoms with Crippen LogP contribution in [-0.2, 0) is 4.74 Å². The molecule has 0 aliphatic carbocycles. The molecule has 1 aromatic carbocycles. The molecule has 0 atom stereocenters. The van der Waals surface area contributed by atoms with Crippen LogP contribution in [0.4, 0.5) is 5.82 Å². The highest BCUT2D eigenvalue weighted by Gasteiger charge is 2.17. The first kappa shape index (κ1) is 13.2. The molecule has 7 heteroatoms. The zero-order valence-electron chi connectivity index (χ0n) is 10.4. The molecule has 0 fully saturated rings. The smallest absolute Gasteiger partial charge is 0.360 e. The first-order chi connectivity index (χ1) is 9.08. The number of rotatable bonds is 3. The average molecular weight is 282 g/mol. The van der Waals surface area contributed by atoms with Gasteiger partial charge in [-0.15, -0.1) is 0 Å². The molecule has 6 nitrogen and oxygen atoms in total. The van der Waals surface area contributed by atoms with E-state index in [1.807, 2.05) is 0 Å². The van der Waals surface area contributed by atoms with Crippen LogP contribution in [0.25, 0.3) is 5.69 Å². The van der Waals surface area contributed by atoms with Crippen LogP contribution in [0.3, 0.4) is 0 Å². The van der Waals surface area contributed by atoms with Gasteiger partial charge in [-0.05, 0) is 12.1 Å². The molecule has 0 amide bonds. The Bertz CT molecular complexity index is 625. The van der Waals surface area contributed by atoms with E-state index in [1.165, 1.54) is 20.5 Å². The first-order valence-electron chi connectivity index (χ1n) is 5.33. The van der Waals surface area contributed by atoms with Gasteiger partial charge in [0.25, 0.3) is 0 Å². The Hall–Kier alpha value is -2.21. The highest BCUT2D eigenvalue weighted by Crippen LogP contribution is 2.28. The lowest BCUT2D eigenvalue weighted by Crippen LogP contribution is -2.07. The second kappa shape index (κ2) is 5.19. The van der Waals surface area contributed by atoms with Gasteiger partial charge in [-0.25, -0.2) is 9.78 Å². The molecule has 0 bridgehead atoms. The Labute approximate surface area is 114 Å². The summed E-state index contributed by atoms with van der Waals surface area (Å²) in [5.74, 6) is 0.111. The minimum Gasteiger partial charge on any atom is -0.495 e. The summed E-state index contributed by atoms with van der Waals surface area (Å²) in [5, 5.41) is 0.484. The largest absolute Gasteiger partial charge is 0.495 e. The van der Waals surface area contributed by atoms with Crippen molar-refractivity contribution in [3.05, 3.63) is 35.2 Å². The molecule has 0 saturated carbocycles. The standard InChI is InChI=1S/C12H12ClN3O3/c1-18-9-5-7(3-4-8(9)13)16-6-15-10(11(16)14)12(17)19-2/h3-6H,14H2,1-2H3. The number of nitrogen functional groups attached to an aromatic ring is 1. The number of anilines is 1. The van der Waals surface area contributed by atoms with Crippen molar-refractivity contribution in [1.29, 1.82) is 0 Å². The Kier molecular flexibility index (Phi) is 3.62. The van der Waals surface area contributed by atoms with E-state index in [-0.39, 0.29) is 11.5 Å². The number of ether oxygens (including phenoxy) is 2. The maximum Gasteiger partial charge on any atom is 0.360 e. The van der Waals surface area contributed by atoms with Crippen LogP contribution in [0.15, 0.2) is 24.5 Å². The van der Waals surface area contributed by atoms with Gasteiger partial charge in [-0.3, -0.25) is 4.57 Å². The summed E-state index contributed by atoms with van der Waals surface area (Å²) < 4.78 is 11.3. The monoisotopic (exact) mass is 281 g/mol. The third-order valence-corrected chi connectivity index (χ3v) is 2.91. The molecule has 0 spiro atoms. The summed E-state index contributed by atoms with van der Waals surface area (Å²) in [6, 6.07) is 5.11. The number of halogens is 1. The molecule has 2 rings (SSSR count). The van der Waals surface area contributed by atoms with Crippen LogP contribution in [0.2, 0.25) is 5.02 Å². The van der Waals surface area contributed by atoms with Crippen LogP contribution < -0.4 is 10.5 Å². The Morgan fingerprint density at radius 3 is 2.79 bits per heavy atom. The van der Waals surface area contributed by atoms with Gasteiger partial charge in [-0.2, -0.15) is 0 Å². The van der Waals surface area contributed by atoms with E-state index in [0.717, 1.165) is 0 Å². The number of hydrogen-bond donors (Lipinski definition) is 1. The van der Waals surface area contributed by atoms with Crippen molar-refractivity contribution < 1.29 is 14.3 Å². The number of hydrogen-bond acceptors (Lipinski definition) is 5. The number of nitrogens with zero attached hydrogens (tertiary/aromatic N) is 2. The zero-order chi connectivity index (χ0) is 14.0. The highest BCUT2D eigenvalue weighted by molar-refractivity contribution is 6.32. The van der Waals surface area contributed by atoms with E-state index in [9.17, 15) is 4.79 Å². The zero-order valence-corrected chi connectivity index (χ0v) is 11.1. The lowest BCUT2D eigenvalue weighted by molar-refractivity contribution is 0.0596. The quantitative estimate of drug-likeness (QED) is 0.869. The predicted molar refractivity (Wildman–Crippen MR) is 70.9 cm³/mol. The lowest BCUT2D eigenvalue weighted by atomic mass is 10.3. The van der Waals surface area contributed by atoms with E-state index in [2.05, 4.69) is 9.72 Å². The number of esters is 1. The Morgan fingerprint density at radius 1 is 1.42 bits per heavy atom. The highest BCUT2D eigenvalue weighted by atomic mass is 35.5. The van der Waals surface area contributed by atoms with Crippen molar-refractivity contribution in [3.63, 3.8) is 0 Å². The van der Waals surface area contributed by atoms with Crippen molar-refractivity contribution in [2.45, 2.75) is 0 Å². The third kappa shape index (κ3) is 2.34. The molecule has 19 heavy (non-hydrogen) atoms. The summed E-state index contributed by atoms with van der Waals surface area (Å²) in [4.78, 5) is 15.4. The molecule has 1 heterocycles. The molecular formula is C12H12ClN3O3. The fraction of sp³-hybridized carbons (Fsp3) is 0.167. The van der Waals surface area contributed by atoms with Crippen molar-refractivity contribution in [1.82, 2.24) is 9.55 Å². The lowest BCUT2D eigenvalue weighted by Gasteiger charge is -2.08. The van der Waals surface area contributed by atoms with Gasteiger partial charge in [-0.1, -0.05) is 11.6 Å². The molecule has 0 radical (unpaired) electrons. The van der Waals surface area contributed by atoms with E-state index in [4.69, 9.17) is 22.1 Å². The van der Waals surface area contributed by atoms with Gasteiger partial charge >= 0.3 is 5.97 Å². The van der Waals surface area contributed by atoms with Gasteiger partial charge in [0.1, 0.15) is 17.9 Å². The Balaban J connectivity index is 2.48. The van der Waals surface area contributed by atoms with E-state index in [1.54, 1.807) is 22.8 Å². The third-order valence-electron chi connectivity index (χ3n) is 2.60. The van der Waals surface area contributed by atoms with Crippen molar-refractivity contribution in [3.8, 4) is 11.4 Å². The maximum absolute atomic E-state index is 11.4. The van der Waals surface area contributed by atoms with Gasteiger partial charge < -0.3 is 15.2 Å². The number of carbonyl (C=O) groups excluding carboxylic acids is 1. The molecule has 0 saturated heterocycles. The second-order valence-electron chi connectivity index (χ2n) is 3.66. The minimum absolute atomic E-state index is 0.0661. The first-order valence-corrected chi connectivity index (χ1v) is 5.71. The van der Waals surface area contributed by atoms with Gasteiger partial charge in [0, 0.05) is 6.07 Å². The molecule has 0 unspecified atom stereocenters. The maximum atomic E-state index is 11.4. The Morgan fingerprint density at radius 2 is 2.16 bits per heavy atom. The van der Waals surface area contributed by atoms with E-state index >= 15 is 0 Å². The summed E-state index contributed by atoms with van der Waals surface area (Å²) in [7, 11) is 2.79. The van der Waals surface area contributed by atoms with Crippen LogP contribution in [0, 0.1) is 0 Å². The molecular weight excluding hydrogens is 270 g/mol. The van der Waals surface area contributed by atoms with Gasteiger partial charge in [0.15, 0.2) is 5.69 Å². The molecule has 0 aliphatic heterocycles. The van der Waals surface area contributed by atoms with Crippen LogP contribution in [0.1, 0.15) is 10.5 Å². The SMILES string of the molecule is COC(=O)c1ncn(-c2ccc(Cl)c(OC)c2)c1N. The number of benzene rings is 1. The fourth-order valence-electron chi connectivity index (χ4n) is 1.62. The van der Waals surface area contributed by atoms with Gasteiger partial charge in [0.2, 0.25) is 0 Å². The number of imidazole rings is 1. The van der Waals surface area contributed by atoms with Crippen molar-refractivity contribution in [2.24, 2.45) is 0 Å². The molecule has 0 aliphatic rings. The molecule has 2 aromatic rings. The van der Waals surface area contributed by atoms with Crippen LogP contribution in [0.5, 0.6) is 5.75 Å². The molecule has 100 valence electrons. The predicted octanol–water partition coefficient (Wildman–Crippen LogP) is 1.90. The van der Waals surface area contributed by atoms with Crippen LogP contribution in [-0.4, -0.2) is 29.7 Å². The fourth-order valence-corrected chi connectivity index (χ4v) is 1.81. The van der Waals surface area contributed by atoms with Crippen LogP contribution >= 0.6 is 11.6 Å². The summed E-state index contributed by atoms with van der Waals surface area (Å²) in [6.07, 6.45) is 1.43.